The van der Waals surface area contributed by atoms with Gasteiger partial charge in [0, 0.05) is 39.0 Å². The molecule has 0 radical (unpaired) electrons. The average molecular weight is 849 g/mol. The summed E-state index contributed by atoms with van der Waals surface area (Å²) in [6, 6.07) is -1.19. The highest BCUT2D eigenvalue weighted by Crippen LogP contribution is 2.13. The predicted octanol–water partition coefficient (Wildman–Crippen LogP) is 7.26. The van der Waals surface area contributed by atoms with E-state index in [0.29, 0.717) is 64.7 Å². The summed E-state index contributed by atoms with van der Waals surface area (Å²) in [5.41, 5.74) is 21.8. The highest BCUT2D eigenvalue weighted by atomic mass is 16.2. The second-order valence-electron chi connectivity index (χ2n) is 16.7. The molecule has 0 bridgehead atoms. The number of aliphatic imine (C=N–C) groups is 2. The van der Waals surface area contributed by atoms with Crippen LogP contribution in [0.15, 0.2) is 9.98 Å². The van der Waals surface area contributed by atoms with Gasteiger partial charge in [0.1, 0.15) is 12.1 Å². The molecule has 0 rings (SSSR count). The lowest BCUT2D eigenvalue weighted by Crippen LogP contribution is -2.47. The largest absolute Gasteiger partial charge is 0.370 e. The molecule has 4 amide bonds. The molecular weight excluding hydrogens is 757 g/mol. The topological polar surface area (TPSA) is 245 Å². The zero-order valence-corrected chi connectivity index (χ0v) is 38.4. The van der Waals surface area contributed by atoms with Gasteiger partial charge in [0.05, 0.1) is 0 Å². The van der Waals surface area contributed by atoms with E-state index in [0.717, 1.165) is 89.9 Å². The van der Waals surface area contributed by atoms with E-state index in [9.17, 15) is 19.2 Å². The van der Waals surface area contributed by atoms with Crippen LogP contribution in [-0.4, -0.2) is 73.8 Å². The maximum atomic E-state index is 13.0. The van der Waals surface area contributed by atoms with Crippen LogP contribution in [0.3, 0.4) is 0 Å². The molecule has 60 heavy (non-hydrogen) atoms. The predicted molar refractivity (Wildman–Crippen MR) is 250 cm³/mol. The quantitative estimate of drug-likeness (QED) is 0.0176. The first kappa shape index (κ1) is 56.4. The molecule has 350 valence electrons. The molecule has 0 aromatic carbocycles. The fraction of sp³-hybridized carbons (Fsp3) is 0.870. The summed E-state index contributed by atoms with van der Waals surface area (Å²) in [6.45, 7) is 6.44. The summed E-state index contributed by atoms with van der Waals surface area (Å²) in [6.07, 6.45) is 32.6. The van der Waals surface area contributed by atoms with E-state index in [4.69, 9.17) is 22.9 Å². The molecule has 0 aliphatic rings. The second-order valence-corrected chi connectivity index (χ2v) is 16.7. The van der Waals surface area contributed by atoms with E-state index in [1.807, 2.05) is 0 Å². The number of hydrogen-bond donors (Lipinski definition) is 8. The van der Waals surface area contributed by atoms with Gasteiger partial charge >= 0.3 is 0 Å². The van der Waals surface area contributed by atoms with Gasteiger partial charge in [-0.1, -0.05) is 155 Å². The Balaban J connectivity index is 4.33. The minimum atomic E-state index is -0.593. The summed E-state index contributed by atoms with van der Waals surface area (Å²) in [5, 5.41) is 12.0. The minimum Gasteiger partial charge on any atom is -0.370 e. The lowest BCUT2D eigenvalue weighted by molar-refractivity contribution is -0.129. The third-order valence-electron chi connectivity index (χ3n) is 10.9. The summed E-state index contributed by atoms with van der Waals surface area (Å²) < 4.78 is 0. The van der Waals surface area contributed by atoms with Crippen LogP contribution in [-0.2, 0) is 19.2 Å². The van der Waals surface area contributed by atoms with Gasteiger partial charge in [0.25, 0.3) is 0 Å². The van der Waals surface area contributed by atoms with E-state index >= 15 is 0 Å². The number of hydrogen-bond acceptors (Lipinski definition) is 6. The molecule has 0 aliphatic carbocycles. The van der Waals surface area contributed by atoms with Crippen LogP contribution in [0.25, 0.3) is 0 Å². The number of amides is 4. The molecule has 14 heteroatoms. The van der Waals surface area contributed by atoms with Crippen LogP contribution in [0.1, 0.15) is 219 Å². The molecule has 14 nitrogen and oxygen atoms in total. The Morgan fingerprint density at radius 1 is 0.400 bits per heavy atom. The zero-order chi connectivity index (χ0) is 44.3. The minimum absolute atomic E-state index is 0.0222. The highest BCUT2D eigenvalue weighted by Gasteiger charge is 2.21. The van der Waals surface area contributed by atoms with Gasteiger partial charge in [-0.3, -0.25) is 29.2 Å². The number of nitrogens with zero attached hydrogens (tertiary/aromatic N) is 2. The van der Waals surface area contributed by atoms with Gasteiger partial charge in [-0.05, 0) is 51.4 Å². The van der Waals surface area contributed by atoms with Crippen LogP contribution >= 0.6 is 0 Å². The maximum absolute atomic E-state index is 13.0. The van der Waals surface area contributed by atoms with E-state index in [-0.39, 0.29) is 35.5 Å². The molecule has 0 aromatic heterocycles. The zero-order valence-electron chi connectivity index (χ0n) is 38.4. The lowest BCUT2D eigenvalue weighted by atomic mass is 10.1. The molecule has 2 atom stereocenters. The van der Waals surface area contributed by atoms with Crippen molar-refractivity contribution in [2.75, 3.05) is 26.2 Å². The lowest BCUT2D eigenvalue weighted by Gasteiger charge is -2.18. The van der Waals surface area contributed by atoms with E-state index in [1.54, 1.807) is 0 Å². The van der Waals surface area contributed by atoms with Gasteiger partial charge in [-0.25, -0.2) is 0 Å². The Kier molecular flexibility index (Phi) is 39.6. The fourth-order valence-electron chi connectivity index (χ4n) is 7.25. The van der Waals surface area contributed by atoms with Crippen LogP contribution in [0.2, 0.25) is 0 Å². The summed E-state index contributed by atoms with van der Waals surface area (Å²) in [7, 11) is 0. The Morgan fingerprint density at radius 2 is 0.683 bits per heavy atom. The second kappa shape index (κ2) is 42.1. The Morgan fingerprint density at radius 3 is 0.983 bits per heavy atom. The number of nitrogens with two attached hydrogens (primary N) is 4. The number of carbonyl (C=O) groups excluding carboxylic acids is 4. The SMILES string of the molecule is CCCCCCCCCCCC(=O)N[C@@H](CCCN=C(N)N)C(=O)NCCCCCCCCCCNC(=O)[C@H](CCCN=C(N)N)NC(=O)CCCCCCCCCCC. The third kappa shape index (κ3) is 38.6. The monoisotopic (exact) mass is 849 g/mol. The highest BCUT2D eigenvalue weighted by molar-refractivity contribution is 5.88. The van der Waals surface area contributed by atoms with Crippen molar-refractivity contribution in [3.63, 3.8) is 0 Å². The fourth-order valence-corrected chi connectivity index (χ4v) is 7.25. The summed E-state index contributed by atoms with van der Waals surface area (Å²) in [5.74, 6) is -0.415. The number of rotatable bonds is 43. The van der Waals surface area contributed by atoms with E-state index in [2.05, 4.69) is 45.1 Å². The van der Waals surface area contributed by atoms with Crippen molar-refractivity contribution in [1.29, 1.82) is 0 Å². The molecule has 0 spiro atoms. The van der Waals surface area contributed by atoms with Gasteiger partial charge in [0.15, 0.2) is 11.9 Å². The van der Waals surface area contributed by atoms with Crippen molar-refractivity contribution in [2.45, 2.75) is 231 Å². The molecule has 0 unspecified atom stereocenters. The van der Waals surface area contributed by atoms with Crippen molar-refractivity contribution >= 4 is 35.5 Å². The standard InChI is InChI=1S/C46H92N10O4/c1-3-5-7-9-11-13-17-21-25-33-41(57)55-39(31-29-37-53-45(47)48)43(59)51-35-27-23-19-15-16-20-24-28-36-52-44(60)40(32-30-38-54-46(49)50)56-42(58)34-26-22-18-14-12-10-8-6-4-2/h39-40H,3-38H2,1-2H3,(H,51,59)(H,52,60)(H,55,57)(H,56,58)(H4,47,48,53)(H4,49,50,54)/t39-,40-/m0/s1. The Labute approximate surface area is 365 Å². The molecule has 0 aliphatic heterocycles. The first-order valence-corrected chi connectivity index (χ1v) is 24.4. The summed E-state index contributed by atoms with van der Waals surface area (Å²) >= 11 is 0. The number of guanidine groups is 2. The smallest absolute Gasteiger partial charge is 0.242 e. The van der Waals surface area contributed by atoms with Crippen molar-refractivity contribution in [3.05, 3.63) is 0 Å². The number of nitrogens with one attached hydrogen (secondary N) is 4. The van der Waals surface area contributed by atoms with Crippen molar-refractivity contribution in [1.82, 2.24) is 21.3 Å². The number of carbonyl (C=O) groups is 4. The Hall–Kier alpha value is -3.58. The average Bonchev–Trinajstić information content (AvgIpc) is 3.21. The molecular formula is C46H92N10O4. The molecule has 12 N–H and O–H groups in total. The first-order chi connectivity index (χ1) is 29.1. The maximum Gasteiger partial charge on any atom is 0.242 e. The number of unbranched alkanes of at least 4 members (excludes halogenated alkanes) is 23. The molecule has 0 heterocycles. The van der Waals surface area contributed by atoms with Gasteiger partial charge < -0.3 is 44.2 Å². The molecule has 0 fully saturated rings. The van der Waals surface area contributed by atoms with Crippen molar-refractivity contribution in [2.24, 2.45) is 32.9 Å². The van der Waals surface area contributed by atoms with E-state index < -0.39 is 12.1 Å². The van der Waals surface area contributed by atoms with Crippen molar-refractivity contribution < 1.29 is 19.2 Å². The molecule has 0 aromatic rings. The van der Waals surface area contributed by atoms with E-state index in [1.165, 1.54) is 77.0 Å². The van der Waals surface area contributed by atoms with Crippen molar-refractivity contribution in [3.8, 4) is 0 Å². The molecule has 0 saturated carbocycles. The van der Waals surface area contributed by atoms with Crippen LogP contribution in [0.5, 0.6) is 0 Å². The normalized spacial score (nSPS) is 12.0. The van der Waals surface area contributed by atoms with Crippen LogP contribution in [0, 0.1) is 0 Å². The van der Waals surface area contributed by atoms with Crippen LogP contribution in [0.4, 0.5) is 0 Å². The molecule has 0 saturated heterocycles. The third-order valence-corrected chi connectivity index (χ3v) is 10.9. The first-order valence-electron chi connectivity index (χ1n) is 24.4. The van der Waals surface area contributed by atoms with Gasteiger partial charge in [-0.15, -0.1) is 0 Å². The van der Waals surface area contributed by atoms with Crippen LogP contribution < -0.4 is 44.2 Å². The summed E-state index contributed by atoms with van der Waals surface area (Å²) in [4.78, 5) is 59.5. The van der Waals surface area contributed by atoms with Gasteiger partial charge in [-0.2, -0.15) is 0 Å². The Bertz CT molecular complexity index is 1040. The van der Waals surface area contributed by atoms with Gasteiger partial charge in [0.2, 0.25) is 23.6 Å².